The molecule has 0 bridgehead atoms. The number of aromatic nitrogens is 2. The highest BCUT2D eigenvalue weighted by atomic mass is 35.5. The van der Waals surface area contributed by atoms with Crippen LogP contribution in [-0.2, 0) is 4.79 Å². The number of nitrogens with two attached hydrogens (primary N) is 1. The van der Waals surface area contributed by atoms with Crippen LogP contribution in [0.2, 0.25) is 5.02 Å². The lowest BCUT2D eigenvalue weighted by Crippen LogP contribution is -2.43. The summed E-state index contributed by atoms with van der Waals surface area (Å²) in [6, 6.07) is 7.70. The van der Waals surface area contributed by atoms with Crippen molar-refractivity contribution in [2.24, 2.45) is 0 Å². The number of anilines is 1. The molecule has 1 amide bonds. The van der Waals surface area contributed by atoms with Gasteiger partial charge in [0.15, 0.2) is 0 Å². The van der Waals surface area contributed by atoms with Gasteiger partial charge in [-0.15, -0.1) is 0 Å². The molecule has 6 nitrogen and oxygen atoms in total. The summed E-state index contributed by atoms with van der Waals surface area (Å²) in [5, 5.41) is 0.686. The van der Waals surface area contributed by atoms with Crippen molar-refractivity contribution in [2.75, 3.05) is 31.9 Å². The zero-order chi connectivity index (χ0) is 20.1. The minimum absolute atomic E-state index is 0.0456. The van der Waals surface area contributed by atoms with Crippen molar-refractivity contribution in [3.8, 4) is 11.1 Å². The molecule has 1 aliphatic rings. The molecular formula is C21H28ClN5O. The number of hydrogen-bond donors (Lipinski definition) is 1. The van der Waals surface area contributed by atoms with Crippen molar-refractivity contribution in [3.05, 3.63) is 41.2 Å². The van der Waals surface area contributed by atoms with E-state index in [4.69, 9.17) is 17.3 Å². The summed E-state index contributed by atoms with van der Waals surface area (Å²) < 4.78 is 0. The average molecular weight is 402 g/mol. The largest absolute Gasteiger partial charge is 0.368 e. The van der Waals surface area contributed by atoms with Crippen LogP contribution in [0.1, 0.15) is 44.8 Å². The first-order valence-electron chi connectivity index (χ1n) is 9.93. The Balaban J connectivity index is 1.94. The lowest BCUT2D eigenvalue weighted by atomic mass is 9.94. The van der Waals surface area contributed by atoms with Gasteiger partial charge in [-0.05, 0) is 50.9 Å². The predicted molar refractivity (Wildman–Crippen MR) is 113 cm³/mol. The smallest absolute Gasteiger partial charge is 0.236 e. The molecular weight excluding hydrogens is 374 g/mol. The fraction of sp³-hybridized carbons (Fsp3) is 0.476. The third-order valence-electron chi connectivity index (χ3n) is 5.38. The normalized spacial score (nSPS) is 17.5. The quantitative estimate of drug-likeness (QED) is 0.797. The number of halogens is 1. The molecule has 2 heterocycles. The van der Waals surface area contributed by atoms with Crippen molar-refractivity contribution in [1.29, 1.82) is 0 Å². The van der Waals surface area contributed by atoms with Gasteiger partial charge in [0.25, 0.3) is 0 Å². The van der Waals surface area contributed by atoms with Gasteiger partial charge in [-0.25, -0.2) is 9.97 Å². The summed E-state index contributed by atoms with van der Waals surface area (Å²) >= 11 is 6.05. The standard InChI is InChI=1S/C21H28ClN5O/c1-3-26(4-2)19(28)14-27-12-6-5-7-18(27)20-17(13-24-21(23)25-20)15-8-10-16(22)11-9-15/h8-11,13,18H,3-7,12,14H2,1-2H3,(H2,23,24,25)/t18-/m1/s1. The average Bonchev–Trinajstić information content (AvgIpc) is 2.70. The van der Waals surface area contributed by atoms with Crippen molar-refractivity contribution in [2.45, 2.75) is 39.2 Å². The third kappa shape index (κ3) is 4.62. The SMILES string of the molecule is CCN(CC)C(=O)CN1CCCC[C@@H]1c1nc(N)ncc1-c1ccc(Cl)cc1. The Morgan fingerprint density at radius 3 is 2.64 bits per heavy atom. The molecule has 28 heavy (non-hydrogen) atoms. The maximum absolute atomic E-state index is 12.7. The highest BCUT2D eigenvalue weighted by molar-refractivity contribution is 6.30. The van der Waals surface area contributed by atoms with Crippen molar-refractivity contribution in [1.82, 2.24) is 19.8 Å². The van der Waals surface area contributed by atoms with Crippen LogP contribution in [0.4, 0.5) is 5.95 Å². The van der Waals surface area contributed by atoms with E-state index in [0.29, 0.717) is 11.6 Å². The maximum atomic E-state index is 12.7. The molecule has 1 atom stereocenters. The Morgan fingerprint density at radius 2 is 1.96 bits per heavy atom. The van der Waals surface area contributed by atoms with Gasteiger partial charge in [0.1, 0.15) is 0 Å². The van der Waals surface area contributed by atoms with E-state index in [-0.39, 0.29) is 17.9 Å². The van der Waals surface area contributed by atoms with Gasteiger partial charge in [0.2, 0.25) is 11.9 Å². The molecule has 0 saturated carbocycles. The summed E-state index contributed by atoms with van der Waals surface area (Å²) in [6.45, 7) is 6.75. The van der Waals surface area contributed by atoms with E-state index in [1.807, 2.05) is 43.0 Å². The van der Waals surface area contributed by atoms with Crippen molar-refractivity contribution >= 4 is 23.5 Å². The molecule has 3 rings (SSSR count). The zero-order valence-corrected chi connectivity index (χ0v) is 17.3. The van der Waals surface area contributed by atoms with E-state index in [2.05, 4.69) is 14.9 Å². The number of likely N-dealkylation sites (tertiary alicyclic amines) is 1. The molecule has 0 radical (unpaired) electrons. The molecule has 2 aromatic rings. The minimum Gasteiger partial charge on any atom is -0.368 e. The molecule has 0 aliphatic carbocycles. The number of hydrogen-bond acceptors (Lipinski definition) is 5. The van der Waals surface area contributed by atoms with Crippen LogP contribution in [-0.4, -0.2) is 51.9 Å². The number of piperidine rings is 1. The maximum Gasteiger partial charge on any atom is 0.236 e. The highest BCUT2D eigenvalue weighted by Gasteiger charge is 2.30. The second kappa shape index (κ2) is 9.34. The topological polar surface area (TPSA) is 75.4 Å². The molecule has 2 N–H and O–H groups in total. The Morgan fingerprint density at radius 1 is 1.25 bits per heavy atom. The second-order valence-electron chi connectivity index (χ2n) is 7.08. The Labute approximate surface area is 171 Å². The molecule has 1 aromatic carbocycles. The minimum atomic E-state index is 0.0456. The summed E-state index contributed by atoms with van der Waals surface area (Å²) in [6.07, 6.45) is 4.91. The molecule has 1 aromatic heterocycles. The van der Waals surface area contributed by atoms with Crippen LogP contribution in [0.5, 0.6) is 0 Å². The van der Waals surface area contributed by atoms with E-state index in [0.717, 1.165) is 55.7 Å². The summed E-state index contributed by atoms with van der Waals surface area (Å²) in [4.78, 5) is 25.7. The van der Waals surface area contributed by atoms with Crippen LogP contribution < -0.4 is 5.73 Å². The van der Waals surface area contributed by atoms with Crippen LogP contribution in [0.15, 0.2) is 30.5 Å². The molecule has 1 aliphatic heterocycles. The first-order valence-corrected chi connectivity index (χ1v) is 10.3. The van der Waals surface area contributed by atoms with E-state index in [1.165, 1.54) is 0 Å². The summed E-state index contributed by atoms with van der Waals surface area (Å²) in [7, 11) is 0. The van der Waals surface area contributed by atoms with Crippen LogP contribution >= 0.6 is 11.6 Å². The van der Waals surface area contributed by atoms with Gasteiger partial charge in [-0.3, -0.25) is 9.69 Å². The van der Waals surface area contributed by atoms with Gasteiger partial charge in [-0.2, -0.15) is 0 Å². The van der Waals surface area contributed by atoms with Gasteiger partial charge in [-0.1, -0.05) is 30.2 Å². The number of amides is 1. The van der Waals surface area contributed by atoms with Crippen molar-refractivity contribution in [3.63, 3.8) is 0 Å². The van der Waals surface area contributed by atoms with Gasteiger partial charge in [0.05, 0.1) is 18.3 Å². The predicted octanol–water partition coefficient (Wildman–Crippen LogP) is 3.77. The first-order chi connectivity index (χ1) is 13.5. The first kappa shape index (κ1) is 20.6. The van der Waals surface area contributed by atoms with Crippen molar-refractivity contribution < 1.29 is 4.79 Å². The highest BCUT2D eigenvalue weighted by Crippen LogP contribution is 2.36. The number of rotatable bonds is 6. The van der Waals surface area contributed by atoms with Gasteiger partial charge in [0, 0.05) is 29.9 Å². The molecule has 1 saturated heterocycles. The van der Waals surface area contributed by atoms with Crippen LogP contribution in [0.3, 0.4) is 0 Å². The monoisotopic (exact) mass is 401 g/mol. The van der Waals surface area contributed by atoms with Gasteiger partial charge < -0.3 is 10.6 Å². The fourth-order valence-corrected chi connectivity index (χ4v) is 3.98. The number of carbonyl (C=O) groups is 1. The number of nitrogens with zero attached hydrogens (tertiary/aromatic N) is 4. The Kier molecular flexibility index (Phi) is 6.86. The number of carbonyl (C=O) groups excluding carboxylic acids is 1. The lowest BCUT2D eigenvalue weighted by Gasteiger charge is -2.36. The molecule has 1 fully saturated rings. The van der Waals surface area contributed by atoms with E-state index >= 15 is 0 Å². The third-order valence-corrected chi connectivity index (χ3v) is 5.63. The fourth-order valence-electron chi connectivity index (χ4n) is 3.86. The lowest BCUT2D eigenvalue weighted by molar-refractivity contribution is -0.133. The Hall–Kier alpha value is -2.18. The molecule has 150 valence electrons. The number of nitrogen functional groups attached to an aromatic ring is 1. The molecule has 0 spiro atoms. The number of likely N-dealkylation sites (N-methyl/N-ethyl adjacent to an activating group) is 1. The Bertz CT molecular complexity index is 807. The zero-order valence-electron chi connectivity index (χ0n) is 16.6. The summed E-state index contributed by atoms with van der Waals surface area (Å²) in [5.41, 5.74) is 8.77. The van der Waals surface area contributed by atoms with E-state index in [1.54, 1.807) is 6.20 Å². The van der Waals surface area contributed by atoms with Crippen LogP contribution in [0.25, 0.3) is 11.1 Å². The molecule has 0 unspecified atom stereocenters. The summed E-state index contributed by atoms with van der Waals surface area (Å²) in [5.74, 6) is 0.417. The van der Waals surface area contributed by atoms with Crippen LogP contribution in [0, 0.1) is 0 Å². The van der Waals surface area contributed by atoms with E-state index in [9.17, 15) is 4.79 Å². The van der Waals surface area contributed by atoms with Gasteiger partial charge >= 0.3 is 0 Å². The number of benzene rings is 1. The molecule has 7 heteroatoms. The van der Waals surface area contributed by atoms with E-state index < -0.39 is 0 Å². The second-order valence-corrected chi connectivity index (χ2v) is 7.52.